The monoisotopic (exact) mass is 600 g/mol. The molecule has 1 spiro atoms. The molecule has 4 aliphatic heterocycles. The molecule has 5 aliphatic rings. The van der Waals surface area contributed by atoms with Crippen LogP contribution in [0, 0.1) is 29.5 Å². The number of nitrogens with zero attached hydrogens (tertiary/aromatic N) is 2. The van der Waals surface area contributed by atoms with Crippen LogP contribution in [-0.4, -0.2) is 77.5 Å². The highest BCUT2D eigenvalue weighted by Gasteiger charge is 2.72. The number of nitrogens with one attached hydrogen (secondary N) is 2. The number of carbonyl (C=O) groups excluding carboxylic acids is 3. The first-order valence-corrected chi connectivity index (χ1v) is 16.0. The van der Waals surface area contributed by atoms with E-state index >= 15 is 0 Å². The molecule has 3 saturated heterocycles. The molecule has 6 rings (SSSR count). The van der Waals surface area contributed by atoms with Crippen LogP contribution in [0.3, 0.4) is 0 Å². The fraction of sp³-hybridized carbons (Fsp3) is 0.656. The van der Waals surface area contributed by atoms with Crippen LogP contribution in [0.25, 0.3) is 0 Å². The van der Waals surface area contributed by atoms with Gasteiger partial charge in [-0.15, -0.1) is 0 Å². The van der Waals surface area contributed by atoms with Crippen molar-refractivity contribution >= 4 is 35.0 Å². The second-order valence-electron chi connectivity index (χ2n) is 13.0. The number of halogens is 2. The molecule has 0 radical (unpaired) electrons. The lowest BCUT2D eigenvalue weighted by atomic mass is 9.73. The minimum absolute atomic E-state index is 0.0342. The highest BCUT2D eigenvalue weighted by Crippen LogP contribution is 2.55. The van der Waals surface area contributed by atoms with Crippen LogP contribution in [0.1, 0.15) is 58.8 Å². The number of benzene rings is 1. The molecule has 1 aromatic rings. The Morgan fingerprint density at radius 2 is 1.88 bits per heavy atom. The summed E-state index contributed by atoms with van der Waals surface area (Å²) < 4.78 is 20.2. The lowest BCUT2D eigenvalue weighted by Gasteiger charge is -2.38. The Morgan fingerprint density at radius 3 is 2.64 bits per heavy atom. The highest BCUT2D eigenvalue weighted by molar-refractivity contribution is 6.31. The summed E-state index contributed by atoms with van der Waals surface area (Å²) in [5.74, 6) is -2.21. The van der Waals surface area contributed by atoms with Gasteiger partial charge in [-0.3, -0.25) is 14.4 Å². The fourth-order valence-corrected chi connectivity index (χ4v) is 8.18. The Bertz CT molecular complexity index is 1250. The number of ether oxygens (including phenoxy) is 1. The molecule has 10 heteroatoms. The number of carbonyl (C=O) groups is 3. The third kappa shape index (κ3) is 5.26. The predicted octanol–water partition coefficient (Wildman–Crippen LogP) is 4.39. The van der Waals surface area contributed by atoms with Gasteiger partial charge in [0.25, 0.3) is 0 Å². The van der Waals surface area contributed by atoms with Gasteiger partial charge in [0, 0.05) is 18.3 Å². The maximum absolute atomic E-state index is 14.2. The SMILES string of the molecule is C[C@H]1[C@H](C)CCC[C@@H]1NC(=O)[C@@H]1N(CCCN2CCCCC2)C(=O)[C@@H]2[C@H](C(=O)Nc3ccc(F)c(Cl)c3)[C@@H]3C=C[C@]21O3. The molecule has 0 aromatic heterocycles. The van der Waals surface area contributed by atoms with Gasteiger partial charge >= 0.3 is 0 Å². The van der Waals surface area contributed by atoms with E-state index in [1.165, 1.54) is 37.5 Å². The Balaban J connectivity index is 1.25. The van der Waals surface area contributed by atoms with Gasteiger partial charge in [-0.2, -0.15) is 0 Å². The first-order valence-electron chi connectivity index (χ1n) is 15.7. The molecule has 1 aliphatic carbocycles. The molecule has 228 valence electrons. The van der Waals surface area contributed by atoms with Crippen molar-refractivity contribution in [2.24, 2.45) is 23.7 Å². The van der Waals surface area contributed by atoms with E-state index in [2.05, 4.69) is 29.4 Å². The number of anilines is 1. The van der Waals surface area contributed by atoms with Gasteiger partial charge in [0.1, 0.15) is 17.5 Å². The lowest BCUT2D eigenvalue weighted by Crippen LogP contribution is -2.58. The van der Waals surface area contributed by atoms with Crippen LogP contribution >= 0.6 is 11.6 Å². The maximum Gasteiger partial charge on any atom is 0.246 e. The molecular formula is C32H42ClFN4O4. The first-order chi connectivity index (χ1) is 20.2. The summed E-state index contributed by atoms with van der Waals surface area (Å²) >= 11 is 5.94. The third-order valence-electron chi connectivity index (χ3n) is 10.5. The van der Waals surface area contributed by atoms with Crippen LogP contribution in [-0.2, 0) is 19.1 Å². The van der Waals surface area contributed by atoms with E-state index in [9.17, 15) is 18.8 Å². The van der Waals surface area contributed by atoms with Gasteiger partial charge in [0.2, 0.25) is 17.7 Å². The Kier molecular flexibility index (Phi) is 8.37. The van der Waals surface area contributed by atoms with Crippen molar-refractivity contribution in [2.45, 2.75) is 82.6 Å². The normalized spacial score (nSPS) is 35.9. The van der Waals surface area contributed by atoms with Crippen LogP contribution in [0.4, 0.5) is 10.1 Å². The van der Waals surface area contributed by atoms with Crippen LogP contribution in [0.2, 0.25) is 5.02 Å². The Hall–Kier alpha value is -2.49. The number of amides is 3. The number of hydrogen-bond acceptors (Lipinski definition) is 5. The zero-order chi connectivity index (χ0) is 29.6. The average Bonchev–Trinajstić information content (AvgIpc) is 3.61. The molecule has 1 aromatic carbocycles. The molecule has 4 fully saturated rings. The van der Waals surface area contributed by atoms with E-state index in [-0.39, 0.29) is 22.9 Å². The molecule has 42 heavy (non-hydrogen) atoms. The van der Waals surface area contributed by atoms with E-state index in [1.807, 2.05) is 12.2 Å². The number of fused-ring (bicyclic) bond motifs is 1. The van der Waals surface area contributed by atoms with Crippen molar-refractivity contribution in [3.63, 3.8) is 0 Å². The summed E-state index contributed by atoms with van der Waals surface area (Å²) in [4.78, 5) is 46.1. The largest absolute Gasteiger partial charge is 0.359 e. The van der Waals surface area contributed by atoms with Crippen molar-refractivity contribution in [2.75, 3.05) is 31.5 Å². The van der Waals surface area contributed by atoms with Gasteiger partial charge in [0.15, 0.2) is 0 Å². The Labute approximate surface area is 252 Å². The van der Waals surface area contributed by atoms with Crippen molar-refractivity contribution in [1.29, 1.82) is 0 Å². The molecule has 2 bridgehead atoms. The number of likely N-dealkylation sites (tertiary alicyclic amines) is 2. The van der Waals surface area contributed by atoms with Gasteiger partial charge in [0.05, 0.1) is 23.0 Å². The molecule has 4 heterocycles. The summed E-state index contributed by atoms with van der Waals surface area (Å²) in [6, 6.07) is 3.16. The van der Waals surface area contributed by atoms with E-state index in [0.29, 0.717) is 24.1 Å². The number of hydrogen-bond donors (Lipinski definition) is 2. The van der Waals surface area contributed by atoms with E-state index in [1.54, 1.807) is 4.90 Å². The average molecular weight is 601 g/mol. The fourth-order valence-electron chi connectivity index (χ4n) is 8.00. The predicted molar refractivity (Wildman–Crippen MR) is 158 cm³/mol. The van der Waals surface area contributed by atoms with E-state index in [0.717, 1.165) is 45.3 Å². The van der Waals surface area contributed by atoms with Gasteiger partial charge in [-0.05, 0) is 75.4 Å². The van der Waals surface area contributed by atoms with E-state index < -0.39 is 41.3 Å². The molecule has 3 amide bonds. The summed E-state index contributed by atoms with van der Waals surface area (Å²) in [7, 11) is 0. The van der Waals surface area contributed by atoms with E-state index in [4.69, 9.17) is 16.3 Å². The molecule has 2 N–H and O–H groups in total. The molecule has 0 unspecified atom stereocenters. The summed E-state index contributed by atoms with van der Waals surface area (Å²) in [5, 5.41) is 6.01. The number of piperidine rings is 1. The highest BCUT2D eigenvalue weighted by atomic mass is 35.5. The molecule has 1 saturated carbocycles. The molecule has 8 atom stereocenters. The van der Waals surface area contributed by atoms with Crippen molar-refractivity contribution < 1.29 is 23.5 Å². The number of rotatable bonds is 8. The summed E-state index contributed by atoms with van der Waals surface area (Å²) in [6.45, 7) is 7.82. The second kappa shape index (κ2) is 11.9. The van der Waals surface area contributed by atoms with Crippen LogP contribution in [0.15, 0.2) is 30.4 Å². The standard InChI is InChI=1S/C32H42ClFN4O4/c1-19-8-6-9-24(20(19)2)36-30(40)28-32-13-12-25(42-32)26(29(39)35-21-10-11-23(34)22(33)18-21)27(32)31(41)38(28)17-7-16-37-14-4-3-5-15-37/h10-13,18-20,24-28H,3-9,14-17H2,1-2H3,(H,35,39)(H,36,40)/t19-,20+,24+,25+,26-,27+,28+,32+/m1/s1. The lowest BCUT2D eigenvalue weighted by molar-refractivity contribution is -0.141. The topological polar surface area (TPSA) is 91.0 Å². The summed E-state index contributed by atoms with van der Waals surface area (Å²) in [6.07, 6.45) is 10.5. The first kappa shape index (κ1) is 29.6. The third-order valence-corrected chi connectivity index (χ3v) is 10.8. The van der Waals surface area contributed by atoms with Crippen molar-refractivity contribution in [3.8, 4) is 0 Å². The zero-order valence-electron chi connectivity index (χ0n) is 24.5. The second-order valence-corrected chi connectivity index (χ2v) is 13.4. The minimum atomic E-state index is -1.21. The van der Waals surface area contributed by atoms with Crippen molar-refractivity contribution in [3.05, 3.63) is 41.2 Å². The maximum atomic E-state index is 14.2. The molecule has 8 nitrogen and oxygen atoms in total. The van der Waals surface area contributed by atoms with Gasteiger partial charge in [-0.1, -0.05) is 56.9 Å². The zero-order valence-corrected chi connectivity index (χ0v) is 25.2. The minimum Gasteiger partial charge on any atom is -0.359 e. The quantitative estimate of drug-likeness (QED) is 0.432. The smallest absolute Gasteiger partial charge is 0.246 e. The van der Waals surface area contributed by atoms with Crippen molar-refractivity contribution in [1.82, 2.24) is 15.1 Å². The van der Waals surface area contributed by atoms with Gasteiger partial charge in [-0.25, -0.2) is 4.39 Å². The van der Waals surface area contributed by atoms with Gasteiger partial charge < -0.3 is 25.2 Å². The summed E-state index contributed by atoms with van der Waals surface area (Å²) in [5.41, 5.74) is -0.867. The molecular weight excluding hydrogens is 559 g/mol. The Morgan fingerprint density at radius 1 is 1.10 bits per heavy atom. The van der Waals surface area contributed by atoms with Crippen LogP contribution in [0.5, 0.6) is 0 Å². The van der Waals surface area contributed by atoms with Crippen LogP contribution < -0.4 is 10.6 Å².